The number of anilines is 1. The lowest BCUT2D eigenvalue weighted by Gasteiger charge is -2.05. The first-order chi connectivity index (χ1) is 6.63. The van der Waals surface area contributed by atoms with Crippen LogP contribution in [0.5, 0.6) is 0 Å². The maximum absolute atomic E-state index is 13.1. The van der Waals surface area contributed by atoms with Gasteiger partial charge < -0.3 is 5.32 Å². The van der Waals surface area contributed by atoms with E-state index in [-0.39, 0.29) is 11.6 Å². The maximum Gasteiger partial charge on any atom is 0.234 e. The van der Waals surface area contributed by atoms with Gasteiger partial charge in [0.05, 0.1) is 11.4 Å². The fourth-order valence-corrected chi connectivity index (χ4v) is 1.39. The number of thioether (sulfide) groups is 1. The van der Waals surface area contributed by atoms with Crippen LogP contribution in [0, 0.1) is 12.7 Å². The van der Waals surface area contributed by atoms with E-state index in [4.69, 9.17) is 0 Å². The quantitative estimate of drug-likeness (QED) is 0.835. The number of benzene rings is 1. The van der Waals surface area contributed by atoms with Crippen LogP contribution in [0.2, 0.25) is 0 Å². The molecule has 1 aromatic carbocycles. The molecule has 0 aromatic heterocycles. The standard InChI is InChI=1S/C10H12FNOS/c1-7-3-4-8(11)9(5-7)12-10(13)6-14-2/h3-5H,6H2,1-2H3,(H,12,13). The summed E-state index contributed by atoms with van der Waals surface area (Å²) >= 11 is 1.40. The number of nitrogens with one attached hydrogen (secondary N) is 1. The number of halogens is 1. The van der Waals surface area contributed by atoms with Crippen molar-refractivity contribution in [2.75, 3.05) is 17.3 Å². The predicted molar refractivity (Wildman–Crippen MR) is 58.1 cm³/mol. The SMILES string of the molecule is CSCC(=O)Nc1cc(C)ccc1F. The molecule has 0 atom stereocenters. The van der Waals surface area contributed by atoms with Crippen molar-refractivity contribution in [1.82, 2.24) is 0 Å². The first-order valence-electron chi connectivity index (χ1n) is 4.18. The minimum atomic E-state index is -0.398. The van der Waals surface area contributed by atoms with E-state index in [1.165, 1.54) is 17.8 Å². The topological polar surface area (TPSA) is 29.1 Å². The fourth-order valence-electron chi connectivity index (χ4n) is 1.05. The van der Waals surface area contributed by atoms with E-state index in [9.17, 15) is 9.18 Å². The smallest absolute Gasteiger partial charge is 0.234 e. The number of aryl methyl sites for hydroxylation is 1. The second-order valence-corrected chi connectivity index (χ2v) is 3.83. The third-order valence-corrected chi connectivity index (χ3v) is 2.22. The van der Waals surface area contributed by atoms with Crippen molar-refractivity contribution < 1.29 is 9.18 Å². The van der Waals surface area contributed by atoms with Crippen molar-refractivity contribution in [2.24, 2.45) is 0 Å². The van der Waals surface area contributed by atoms with Gasteiger partial charge in [0.1, 0.15) is 5.82 Å². The lowest BCUT2D eigenvalue weighted by molar-refractivity contribution is -0.113. The second kappa shape index (κ2) is 5.00. The molecule has 14 heavy (non-hydrogen) atoms. The molecule has 0 spiro atoms. The first-order valence-corrected chi connectivity index (χ1v) is 5.58. The Morgan fingerprint density at radius 2 is 2.29 bits per heavy atom. The highest BCUT2D eigenvalue weighted by Crippen LogP contribution is 2.15. The molecule has 1 rings (SSSR count). The van der Waals surface area contributed by atoms with Gasteiger partial charge in [-0.05, 0) is 30.9 Å². The molecule has 76 valence electrons. The summed E-state index contributed by atoms with van der Waals surface area (Å²) in [4.78, 5) is 11.2. The molecule has 0 heterocycles. The zero-order valence-corrected chi connectivity index (χ0v) is 8.95. The summed E-state index contributed by atoms with van der Waals surface area (Å²) in [6, 6.07) is 4.64. The van der Waals surface area contributed by atoms with Gasteiger partial charge in [0.15, 0.2) is 0 Å². The number of carbonyl (C=O) groups is 1. The van der Waals surface area contributed by atoms with E-state index >= 15 is 0 Å². The van der Waals surface area contributed by atoms with Gasteiger partial charge in [0.2, 0.25) is 5.91 Å². The van der Waals surface area contributed by atoms with E-state index in [1.54, 1.807) is 12.1 Å². The summed E-state index contributed by atoms with van der Waals surface area (Å²) in [6.07, 6.45) is 1.83. The molecule has 1 N–H and O–H groups in total. The number of hydrogen-bond acceptors (Lipinski definition) is 2. The molecule has 0 unspecified atom stereocenters. The molecule has 0 bridgehead atoms. The molecular formula is C10H12FNOS. The van der Waals surface area contributed by atoms with Gasteiger partial charge in [-0.1, -0.05) is 6.07 Å². The molecule has 0 saturated heterocycles. The van der Waals surface area contributed by atoms with Gasteiger partial charge in [-0.2, -0.15) is 11.8 Å². The van der Waals surface area contributed by atoms with E-state index in [0.29, 0.717) is 5.75 Å². The molecule has 0 aliphatic heterocycles. The zero-order valence-electron chi connectivity index (χ0n) is 8.13. The predicted octanol–water partition coefficient (Wildman–Crippen LogP) is 2.44. The summed E-state index contributed by atoms with van der Waals surface area (Å²) in [6.45, 7) is 1.85. The van der Waals surface area contributed by atoms with Crippen LogP contribution in [0.25, 0.3) is 0 Å². The van der Waals surface area contributed by atoms with E-state index in [0.717, 1.165) is 5.56 Å². The Bertz CT molecular complexity index is 341. The van der Waals surface area contributed by atoms with E-state index in [1.807, 2.05) is 13.2 Å². The maximum atomic E-state index is 13.1. The average molecular weight is 213 g/mol. The third-order valence-electron chi connectivity index (χ3n) is 1.67. The summed E-state index contributed by atoms with van der Waals surface area (Å²) in [5, 5.41) is 2.52. The minimum absolute atomic E-state index is 0.179. The highest BCUT2D eigenvalue weighted by Gasteiger charge is 2.05. The van der Waals surface area contributed by atoms with Crippen LogP contribution in [0.15, 0.2) is 18.2 Å². The van der Waals surface area contributed by atoms with Crippen molar-refractivity contribution in [3.05, 3.63) is 29.6 Å². The molecule has 0 saturated carbocycles. The van der Waals surface area contributed by atoms with Crippen LogP contribution in [-0.4, -0.2) is 17.9 Å². The third kappa shape index (κ3) is 3.03. The van der Waals surface area contributed by atoms with E-state index in [2.05, 4.69) is 5.32 Å². The molecule has 0 aliphatic carbocycles. The molecule has 0 radical (unpaired) electrons. The largest absolute Gasteiger partial charge is 0.323 e. The monoisotopic (exact) mass is 213 g/mol. The van der Waals surface area contributed by atoms with E-state index < -0.39 is 5.82 Å². The lowest BCUT2D eigenvalue weighted by Crippen LogP contribution is -2.14. The number of carbonyl (C=O) groups excluding carboxylic acids is 1. The minimum Gasteiger partial charge on any atom is -0.323 e. The molecule has 2 nitrogen and oxygen atoms in total. The fraction of sp³-hybridized carbons (Fsp3) is 0.300. The van der Waals surface area contributed by atoms with Crippen LogP contribution in [0.3, 0.4) is 0 Å². The lowest BCUT2D eigenvalue weighted by atomic mass is 10.2. The van der Waals surface area contributed by atoms with Gasteiger partial charge in [-0.25, -0.2) is 4.39 Å². The molecule has 0 fully saturated rings. The van der Waals surface area contributed by atoms with Gasteiger partial charge in [-0.15, -0.1) is 0 Å². The summed E-state index contributed by atoms with van der Waals surface area (Å²) in [7, 11) is 0. The van der Waals surface area contributed by atoms with Crippen molar-refractivity contribution in [3.8, 4) is 0 Å². The normalized spacial score (nSPS) is 9.93. The highest BCUT2D eigenvalue weighted by atomic mass is 32.2. The molecule has 1 aromatic rings. The molecule has 4 heteroatoms. The van der Waals surface area contributed by atoms with Crippen LogP contribution in [0.1, 0.15) is 5.56 Å². The van der Waals surface area contributed by atoms with Crippen LogP contribution in [-0.2, 0) is 4.79 Å². The number of amides is 1. The second-order valence-electron chi connectivity index (χ2n) is 2.96. The van der Waals surface area contributed by atoms with Crippen molar-refractivity contribution in [2.45, 2.75) is 6.92 Å². The van der Waals surface area contributed by atoms with Crippen LogP contribution in [0.4, 0.5) is 10.1 Å². The van der Waals surface area contributed by atoms with Gasteiger partial charge in [0, 0.05) is 0 Å². The summed E-state index contributed by atoms with van der Waals surface area (Å²) in [5.74, 6) is -0.236. The van der Waals surface area contributed by atoms with Crippen molar-refractivity contribution in [1.29, 1.82) is 0 Å². The van der Waals surface area contributed by atoms with Gasteiger partial charge in [-0.3, -0.25) is 4.79 Å². The highest BCUT2D eigenvalue weighted by molar-refractivity contribution is 7.99. The molecular weight excluding hydrogens is 201 g/mol. The van der Waals surface area contributed by atoms with Crippen molar-refractivity contribution >= 4 is 23.4 Å². The van der Waals surface area contributed by atoms with Crippen LogP contribution < -0.4 is 5.32 Å². The summed E-state index contributed by atoms with van der Waals surface area (Å²) in [5.41, 5.74) is 1.18. The Balaban J connectivity index is 2.75. The Labute approximate surface area is 86.9 Å². The van der Waals surface area contributed by atoms with Gasteiger partial charge in [0.25, 0.3) is 0 Å². The Morgan fingerprint density at radius 1 is 1.57 bits per heavy atom. The molecule has 1 amide bonds. The summed E-state index contributed by atoms with van der Waals surface area (Å²) < 4.78 is 13.1. The number of hydrogen-bond donors (Lipinski definition) is 1. The number of rotatable bonds is 3. The molecule has 0 aliphatic rings. The zero-order chi connectivity index (χ0) is 10.6. The average Bonchev–Trinajstić information content (AvgIpc) is 2.12. The Hall–Kier alpha value is -1.03. The Kier molecular flexibility index (Phi) is 3.95. The van der Waals surface area contributed by atoms with Crippen LogP contribution >= 0.6 is 11.8 Å². The first kappa shape index (κ1) is 11.0. The van der Waals surface area contributed by atoms with Gasteiger partial charge >= 0.3 is 0 Å². The Morgan fingerprint density at radius 3 is 2.93 bits per heavy atom. The van der Waals surface area contributed by atoms with Crippen molar-refractivity contribution in [3.63, 3.8) is 0 Å².